The maximum atomic E-state index is 12.0. The summed E-state index contributed by atoms with van der Waals surface area (Å²) in [5, 5.41) is 0. The highest BCUT2D eigenvalue weighted by Gasteiger charge is 2.20. The SMILES string of the molecule is CCC(C)(C)CNS(=O)(=O)c1ccc(Br)cc1. The van der Waals surface area contributed by atoms with E-state index in [9.17, 15) is 8.42 Å². The van der Waals surface area contributed by atoms with Crippen molar-refractivity contribution in [2.75, 3.05) is 6.54 Å². The molecule has 0 heterocycles. The molecule has 17 heavy (non-hydrogen) atoms. The minimum absolute atomic E-state index is 0.0254. The molecule has 1 N–H and O–H groups in total. The quantitative estimate of drug-likeness (QED) is 0.906. The summed E-state index contributed by atoms with van der Waals surface area (Å²) in [7, 11) is -3.39. The third-order valence-electron chi connectivity index (χ3n) is 2.82. The van der Waals surface area contributed by atoms with Crippen molar-refractivity contribution in [2.24, 2.45) is 5.41 Å². The van der Waals surface area contributed by atoms with Gasteiger partial charge in [-0.05, 0) is 36.1 Å². The fourth-order valence-corrected chi connectivity index (χ4v) is 2.62. The summed E-state index contributed by atoms with van der Waals surface area (Å²) in [5.41, 5.74) is -0.0254. The van der Waals surface area contributed by atoms with Crippen LogP contribution in [0.2, 0.25) is 0 Å². The molecule has 0 saturated carbocycles. The summed E-state index contributed by atoms with van der Waals surface area (Å²) in [6.07, 6.45) is 0.926. The lowest BCUT2D eigenvalue weighted by atomic mass is 9.91. The van der Waals surface area contributed by atoms with E-state index in [1.807, 2.05) is 20.8 Å². The second kappa shape index (κ2) is 5.50. The summed E-state index contributed by atoms with van der Waals surface area (Å²) in [4.78, 5) is 0.299. The number of benzene rings is 1. The standard InChI is InChI=1S/C12H18BrNO2S/c1-4-12(2,3)9-14-17(15,16)11-7-5-10(13)6-8-11/h5-8,14H,4,9H2,1-3H3. The van der Waals surface area contributed by atoms with Gasteiger partial charge in [0.05, 0.1) is 4.90 Å². The van der Waals surface area contributed by atoms with Crippen LogP contribution in [-0.4, -0.2) is 15.0 Å². The highest BCUT2D eigenvalue weighted by Crippen LogP contribution is 2.20. The maximum absolute atomic E-state index is 12.0. The molecule has 3 nitrogen and oxygen atoms in total. The fraction of sp³-hybridized carbons (Fsp3) is 0.500. The van der Waals surface area contributed by atoms with Gasteiger partial charge in [0, 0.05) is 11.0 Å². The lowest BCUT2D eigenvalue weighted by Crippen LogP contribution is -2.33. The van der Waals surface area contributed by atoms with Crippen molar-refractivity contribution in [1.82, 2.24) is 4.72 Å². The van der Waals surface area contributed by atoms with Gasteiger partial charge in [-0.2, -0.15) is 0 Å². The van der Waals surface area contributed by atoms with Crippen LogP contribution in [0.25, 0.3) is 0 Å². The summed E-state index contributed by atoms with van der Waals surface area (Å²) in [6.45, 7) is 6.57. The first-order chi connectivity index (χ1) is 7.77. The van der Waals surface area contributed by atoms with Gasteiger partial charge in [0.15, 0.2) is 0 Å². The van der Waals surface area contributed by atoms with E-state index in [0.717, 1.165) is 10.9 Å². The molecule has 1 aromatic carbocycles. The van der Waals surface area contributed by atoms with Gasteiger partial charge in [-0.25, -0.2) is 13.1 Å². The lowest BCUT2D eigenvalue weighted by Gasteiger charge is -2.22. The Morgan fingerprint density at radius 2 is 1.76 bits per heavy atom. The van der Waals surface area contributed by atoms with Crippen LogP contribution in [0.4, 0.5) is 0 Å². The van der Waals surface area contributed by atoms with E-state index in [2.05, 4.69) is 20.7 Å². The van der Waals surface area contributed by atoms with Crippen LogP contribution in [0, 0.1) is 5.41 Å². The Kier molecular flexibility index (Phi) is 4.75. The maximum Gasteiger partial charge on any atom is 0.240 e. The first-order valence-electron chi connectivity index (χ1n) is 5.52. The molecule has 0 bridgehead atoms. The van der Waals surface area contributed by atoms with Crippen molar-refractivity contribution < 1.29 is 8.42 Å². The number of rotatable bonds is 5. The van der Waals surface area contributed by atoms with Crippen molar-refractivity contribution in [2.45, 2.75) is 32.1 Å². The van der Waals surface area contributed by atoms with Gasteiger partial charge in [-0.1, -0.05) is 36.7 Å². The van der Waals surface area contributed by atoms with Gasteiger partial charge < -0.3 is 0 Å². The van der Waals surface area contributed by atoms with Crippen LogP contribution in [-0.2, 0) is 10.0 Å². The Morgan fingerprint density at radius 3 is 2.24 bits per heavy atom. The monoisotopic (exact) mass is 319 g/mol. The van der Waals surface area contributed by atoms with Crippen molar-refractivity contribution in [3.8, 4) is 0 Å². The third-order valence-corrected chi connectivity index (χ3v) is 4.77. The van der Waals surface area contributed by atoms with Crippen LogP contribution < -0.4 is 4.72 Å². The van der Waals surface area contributed by atoms with E-state index >= 15 is 0 Å². The van der Waals surface area contributed by atoms with Crippen molar-refractivity contribution in [3.05, 3.63) is 28.7 Å². The van der Waals surface area contributed by atoms with Gasteiger partial charge in [0.1, 0.15) is 0 Å². The predicted molar refractivity (Wildman–Crippen MR) is 73.4 cm³/mol. The number of hydrogen-bond acceptors (Lipinski definition) is 2. The van der Waals surface area contributed by atoms with Crippen LogP contribution in [0.5, 0.6) is 0 Å². The second-order valence-corrected chi connectivity index (χ2v) is 7.48. The molecule has 0 aliphatic rings. The van der Waals surface area contributed by atoms with E-state index in [1.54, 1.807) is 24.3 Å². The van der Waals surface area contributed by atoms with Gasteiger partial charge in [-0.15, -0.1) is 0 Å². The smallest absolute Gasteiger partial charge is 0.211 e. The van der Waals surface area contributed by atoms with Crippen LogP contribution in [0.15, 0.2) is 33.6 Å². The minimum atomic E-state index is -3.39. The number of nitrogens with one attached hydrogen (secondary N) is 1. The van der Waals surface area contributed by atoms with E-state index < -0.39 is 10.0 Å². The zero-order valence-corrected chi connectivity index (χ0v) is 12.7. The molecular formula is C12H18BrNO2S. The molecule has 0 atom stereocenters. The van der Waals surface area contributed by atoms with E-state index in [0.29, 0.717) is 11.4 Å². The minimum Gasteiger partial charge on any atom is -0.211 e. The topological polar surface area (TPSA) is 46.2 Å². The summed E-state index contributed by atoms with van der Waals surface area (Å²) in [6, 6.07) is 6.62. The highest BCUT2D eigenvalue weighted by atomic mass is 79.9. The molecule has 0 aliphatic carbocycles. The Labute approximate surface area is 112 Å². The Hall–Kier alpha value is -0.390. The van der Waals surface area contributed by atoms with Gasteiger partial charge >= 0.3 is 0 Å². The molecule has 96 valence electrons. The Bertz CT molecular complexity index is 466. The second-order valence-electron chi connectivity index (χ2n) is 4.80. The molecule has 1 aromatic rings. The molecule has 0 spiro atoms. The lowest BCUT2D eigenvalue weighted by molar-refractivity contribution is 0.350. The summed E-state index contributed by atoms with van der Waals surface area (Å²) >= 11 is 3.28. The molecule has 0 radical (unpaired) electrons. The van der Waals surface area contributed by atoms with E-state index in [-0.39, 0.29) is 5.41 Å². The van der Waals surface area contributed by atoms with Crippen molar-refractivity contribution in [3.63, 3.8) is 0 Å². The van der Waals surface area contributed by atoms with Crippen LogP contribution in [0.1, 0.15) is 27.2 Å². The molecule has 0 aliphatic heterocycles. The molecular weight excluding hydrogens is 302 g/mol. The first kappa shape index (κ1) is 14.7. The third kappa shape index (κ3) is 4.41. The molecule has 0 saturated heterocycles. The van der Waals surface area contributed by atoms with Crippen molar-refractivity contribution >= 4 is 26.0 Å². The van der Waals surface area contributed by atoms with Crippen molar-refractivity contribution in [1.29, 1.82) is 0 Å². The van der Waals surface area contributed by atoms with E-state index in [1.165, 1.54) is 0 Å². The summed E-state index contributed by atoms with van der Waals surface area (Å²) < 4.78 is 27.5. The van der Waals surface area contributed by atoms with Crippen LogP contribution in [0.3, 0.4) is 0 Å². The largest absolute Gasteiger partial charge is 0.240 e. The Morgan fingerprint density at radius 1 is 1.24 bits per heavy atom. The first-order valence-corrected chi connectivity index (χ1v) is 7.80. The van der Waals surface area contributed by atoms with Gasteiger partial charge in [0.25, 0.3) is 0 Å². The number of sulfonamides is 1. The average molecular weight is 320 g/mol. The fourth-order valence-electron chi connectivity index (χ4n) is 1.11. The van der Waals surface area contributed by atoms with Crippen LogP contribution >= 0.6 is 15.9 Å². The Balaban J connectivity index is 2.79. The molecule has 0 unspecified atom stereocenters. The normalized spacial score (nSPS) is 12.7. The van der Waals surface area contributed by atoms with Gasteiger partial charge in [-0.3, -0.25) is 0 Å². The molecule has 1 rings (SSSR count). The number of hydrogen-bond donors (Lipinski definition) is 1. The molecule has 0 amide bonds. The predicted octanol–water partition coefficient (Wildman–Crippen LogP) is 3.16. The van der Waals surface area contributed by atoms with Gasteiger partial charge in [0.2, 0.25) is 10.0 Å². The summed E-state index contributed by atoms with van der Waals surface area (Å²) in [5.74, 6) is 0. The zero-order chi connectivity index (χ0) is 13.1. The molecule has 0 fully saturated rings. The molecule has 0 aromatic heterocycles. The average Bonchev–Trinajstić information content (AvgIpc) is 2.27. The molecule has 5 heteroatoms. The van der Waals surface area contributed by atoms with E-state index in [4.69, 9.17) is 0 Å². The highest BCUT2D eigenvalue weighted by molar-refractivity contribution is 9.10. The number of halogens is 1. The zero-order valence-electron chi connectivity index (χ0n) is 10.3.